The second-order valence-electron chi connectivity index (χ2n) is 6.89. The fourth-order valence-corrected chi connectivity index (χ4v) is 3.36. The third-order valence-electron chi connectivity index (χ3n) is 4.97. The van der Waals surface area contributed by atoms with Crippen molar-refractivity contribution in [1.29, 1.82) is 0 Å². The number of likely N-dealkylation sites (tertiary alicyclic amines) is 1. The van der Waals surface area contributed by atoms with Crippen molar-refractivity contribution in [2.75, 3.05) is 25.6 Å². The van der Waals surface area contributed by atoms with E-state index in [1.54, 1.807) is 29.2 Å². The van der Waals surface area contributed by atoms with Gasteiger partial charge in [0.2, 0.25) is 5.91 Å². The highest BCUT2D eigenvalue weighted by Gasteiger charge is 2.38. The number of hydrogen-bond acceptors (Lipinski definition) is 5. The summed E-state index contributed by atoms with van der Waals surface area (Å²) in [6.07, 6.45) is 0.0874. The molecule has 3 rings (SSSR count). The summed E-state index contributed by atoms with van der Waals surface area (Å²) in [5.74, 6) is -1.17. The van der Waals surface area contributed by atoms with Crippen molar-refractivity contribution in [3.05, 3.63) is 60.2 Å². The summed E-state index contributed by atoms with van der Waals surface area (Å²) in [6.45, 7) is 1.79. The minimum absolute atomic E-state index is 0.0874. The van der Waals surface area contributed by atoms with E-state index in [0.717, 1.165) is 5.56 Å². The average Bonchev–Trinajstić information content (AvgIpc) is 3.14. The Labute approximate surface area is 169 Å². The van der Waals surface area contributed by atoms with Crippen LogP contribution in [-0.4, -0.2) is 42.9 Å². The van der Waals surface area contributed by atoms with Crippen LogP contribution in [0.4, 0.5) is 5.69 Å². The van der Waals surface area contributed by atoms with E-state index in [1.807, 2.05) is 37.3 Å². The molecule has 0 radical (unpaired) electrons. The van der Waals surface area contributed by atoms with Gasteiger partial charge >= 0.3 is 5.97 Å². The number of benzene rings is 2. The van der Waals surface area contributed by atoms with Gasteiger partial charge in [-0.3, -0.25) is 14.4 Å². The quantitative estimate of drug-likeness (QED) is 0.728. The van der Waals surface area contributed by atoms with Crippen molar-refractivity contribution in [3.8, 4) is 5.75 Å². The van der Waals surface area contributed by atoms with Gasteiger partial charge < -0.3 is 19.7 Å². The number of para-hydroxylation sites is 2. The van der Waals surface area contributed by atoms with Gasteiger partial charge in [-0.1, -0.05) is 42.5 Å². The Balaban J connectivity index is 1.52. The molecule has 0 unspecified atom stereocenters. The Morgan fingerprint density at radius 3 is 2.55 bits per heavy atom. The maximum absolute atomic E-state index is 12.4. The van der Waals surface area contributed by atoms with E-state index in [0.29, 0.717) is 11.4 Å². The molecule has 29 heavy (non-hydrogen) atoms. The van der Waals surface area contributed by atoms with Gasteiger partial charge in [-0.05, 0) is 24.6 Å². The van der Waals surface area contributed by atoms with Gasteiger partial charge in [0, 0.05) is 13.0 Å². The predicted octanol–water partition coefficient (Wildman–Crippen LogP) is 2.79. The fraction of sp³-hybridized carbons (Fsp3) is 0.318. The van der Waals surface area contributed by atoms with E-state index in [2.05, 4.69) is 5.32 Å². The lowest BCUT2D eigenvalue weighted by Crippen LogP contribution is -2.30. The summed E-state index contributed by atoms with van der Waals surface area (Å²) < 4.78 is 10.3. The second kappa shape index (κ2) is 9.23. The molecule has 152 valence electrons. The molecule has 1 N–H and O–H groups in total. The summed E-state index contributed by atoms with van der Waals surface area (Å²) in [5.41, 5.74) is 1.50. The summed E-state index contributed by atoms with van der Waals surface area (Å²) in [5, 5.41) is 2.65. The molecule has 7 heteroatoms. The highest BCUT2D eigenvalue weighted by Crippen LogP contribution is 2.29. The molecular weight excluding hydrogens is 372 g/mol. The van der Waals surface area contributed by atoms with Crippen molar-refractivity contribution >= 4 is 23.5 Å². The minimum Gasteiger partial charge on any atom is -0.495 e. The van der Waals surface area contributed by atoms with Crippen molar-refractivity contribution in [1.82, 2.24) is 4.90 Å². The summed E-state index contributed by atoms with van der Waals surface area (Å²) >= 11 is 0. The van der Waals surface area contributed by atoms with Crippen molar-refractivity contribution in [2.45, 2.75) is 19.4 Å². The first-order valence-corrected chi connectivity index (χ1v) is 9.43. The smallest absolute Gasteiger partial charge is 0.311 e. The molecule has 1 fully saturated rings. The fourth-order valence-electron chi connectivity index (χ4n) is 3.36. The van der Waals surface area contributed by atoms with Gasteiger partial charge in [-0.15, -0.1) is 0 Å². The topological polar surface area (TPSA) is 84.9 Å². The van der Waals surface area contributed by atoms with Gasteiger partial charge in [0.05, 0.1) is 24.8 Å². The van der Waals surface area contributed by atoms with Gasteiger partial charge in [-0.25, -0.2) is 0 Å². The molecule has 2 atom stereocenters. The number of carbonyl (C=O) groups is 3. The van der Waals surface area contributed by atoms with E-state index >= 15 is 0 Å². The molecule has 0 bridgehead atoms. The molecule has 0 spiro atoms. The molecule has 7 nitrogen and oxygen atoms in total. The molecule has 2 aromatic rings. The van der Waals surface area contributed by atoms with Crippen LogP contribution in [0.2, 0.25) is 0 Å². The Hall–Kier alpha value is -3.35. The van der Waals surface area contributed by atoms with Crippen LogP contribution < -0.4 is 10.1 Å². The minimum atomic E-state index is -0.576. The lowest BCUT2D eigenvalue weighted by atomic mass is 10.1. The van der Waals surface area contributed by atoms with E-state index in [9.17, 15) is 14.4 Å². The molecule has 1 aliphatic rings. The number of ether oxygens (including phenoxy) is 2. The van der Waals surface area contributed by atoms with Gasteiger partial charge in [0.25, 0.3) is 5.91 Å². The van der Waals surface area contributed by atoms with Crippen molar-refractivity contribution in [2.24, 2.45) is 5.92 Å². The first-order chi connectivity index (χ1) is 14.0. The second-order valence-corrected chi connectivity index (χ2v) is 6.89. The largest absolute Gasteiger partial charge is 0.495 e. The van der Waals surface area contributed by atoms with Crippen LogP contribution in [0.5, 0.6) is 5.75 Å². The number of nitrogens with one attached hydrogen (secondary N) is 1. The van der Waals surface area contributed by atoms with E-state index in [4.69, 9.17) is 9.47 Å². The van der Waals surface area contributed by atoms with Gasteiger partial charge in [0.15, 0.2) is 6.61 Å². The first-order valence-electron chi connectivity index (χ1n) is 9.43. The van der Waals surface area contributed by atoms with Crippen LogP contribution in [-0.2, 0) is 19.1 Å². The Kier molecular flexibility index (Phi) is 6.49. The average molecular weight is 396 g/mol. The lowest BCUT2D eigenvalue weighted by molar-refractivity contribution is -0.151. The van der Waals surface area contributed by atoms with Gasteiger partial charge in [-0.2, -0.15) is 0 Å². The molecule has 1 saturated heterocycles. The molecule has 1 heterocycles. The number of hydrogen-bond donors (Lipinski definition) is 1. The Bertz CT molecular complexity index is 884. The normalized spacial score (nSPS) is 17.0. The predicted molar refractivity (Wildman–Crippen MR) is 107 cm³/mol. The third kappa shape index (κ3) is 4.93. The highest BCUT2D eigenvalue weighted by molar-refractivity contribution is 5.94. The summed E-state index contributed by atoms with van der Waals surface area (Å²) in [7, 11) is 1.50. The molecular formula is C22H24N2O5. The Morgan fingerprint density at radius 1 is 1.14 bits per heavy atom. The molecule has 0 saturated carbocycles. The van der Waals surface area contributed by atoms with E-state index in [-0.39, 0.29) is 24.9 Å². The molecule has 1 aliphatic heterocycles. The zero-order valence-electron chi connectivity index (χ0n) is 16.5. The number of carbonyl (C=O) groups excluding carboxylic acids is 3. The van der Waals surface area contributed by atoms with Crippen LogP contribution >= 0.6 is 0 Å². The monoisotopic (exact) mass is 396 g/mol. The van der Waals surface area contributed by atoms with Crippen LogP contribution in [0.25, 0.3) is 0 Å². The molecule has 2 amide bonds. The zero-order valence-corrected chi connectivity index (χ0v) is 16.5. The number of anilines is 1. The SMILES string of the molecule is COc1ccccc1NC(=O)COC(=O)[C@H]1CC(=O)N([C@H](C)c2ccccc2)C1. The molecule has 0 aromatic heterocycles. The van der Waals surface area contributed by atoms with Crippen molar-refractivity contribution < 1.29 is 23.9 Å². The van der Waals surface area contributed by atoms with Crippen LogP contribution in [0.3, 0.4) is 0 Å². The van der Waals surface area contributed by atoms with Crippen LogP contribution in [0, 0.1) is 5.92 Å². The number of nitrogens with zero attached hydrogens (tertiary/aromatic N) is 1. The number of esters is 1. The summed E-state index contributed by atoms with van der Waals surface area (Å²) in [6, 6.07) is 16.5. The number of rotatable bonds is 7. The maximum atomic E-state index is 12.4. The van der Waals surface area contributed by atoms with Crippen LogP contribution in [0.1, 0.15) is 24.9 Å². The maximum Gasteiger partial charge on any atom is 0.311 e. The third-order valence-corrected chi connectivity index (χ3v) is 4.97. The van der Waals surface area contributed by atoms with Gasteiger partial charge in [0.1, 0.15) is 5.75 Å². The number of amides is 2. The lowest BCUT2D eigenvalue weighted by Gasteiger charge is -2.25. The zero-order chi connectivity index (χ0) is 20.8. The number of methoxy groups -OCH3 is 1. The standard InChI is InChI=1S/C22H24N2O5/c1-15(16-8-4-3-5-9-16)24-13-17(12-21(24)26)22(27)29-14-20(25)23-18-10-6-7-11-19(18)28-2/h3-11,15,17H,12-14H2,1-2H3,(H,23,25)/t15-,17+/m1/s1. The van der Waals surface area contributed by atoms with Crippen LogP contribution in [0.15, 0.2) is 54.6 Å². The highest BCUT2D eigenvalue weighted by atomic mass is 16.5. The molecule has 0 aliphatic carbocycles. The molecule has 2 aromatic carbocycles. The van der Waals surface area contributed by atoms with Crippen molar-refractivity contribution in [3.63, 3.8) is 0 Å². The van der Waals surface area contributed by atoms with E-state index < -0.39 is 24.4 Å². The first kappa shape index (κ1) is 20.4. The van der Waals surface area contributed by atoms with E-state index in [1.165, 1.54) is 7.11 Å². The Morgan fingerprint density at radius 2 is 1.83 bits per heavy atom. The summed E-state index contributed by atoms with van der Waals surface area (Å²) in [4.78, 5) is 38.5.